The average molecular weight is 416 g/mol. The van der Waals surface area contributed by atoms with E-state index in [0.29, 0.717) is 16.9 Å². The first-order valence-electron chi connectivity index (χ1n) is 9.25. The molecule has 0 saturated carbocycles. The molecule has 0 aliphatic rings. The van der Waals surface area contributed by atoms with Crippen LogP contribution in [-0.2, 0) is 10.0 Å². The average Bonchev–Trinajstić information content (AvgIpc) is 3.03. The zero-order chi connectivity index (χ0) is 21.4. The van der Waals surface area contributed by atoms with Crippen molar-refractivity contribution in [2.45, 2.75) is 51.1 Å². The first kappa shape index (κ1) is 20.9. The van der Waals surface area contributed by atoms with Gasteiger partial charge in [-0.25, -0.2) is 22.8 Å². The Kier molecular flexibility index (Phi) is 5.46. The van der Waals surface area contributed by atoms with Crippen LogP contribution < -0.4 is 10.0 Å². The molecule has 2 heterocycles. The van der Waals surface area contributed by atoms with E-state index >= 15 is 0 Å². The van der Waals surface area contributed by atoms with E-state index in [1.54, 1.807) is 49.8 Å². The molecule has 2 aromatic heterocycles. The Labute approximate surface area is 170 Å². The lowest BCUT2D eigenvalue weighted by Gasteiger charge is -2.20. The highest BCUT2D eigenvalue weighted by atomic mass is 32.2. The topological polar surface area (TPSA) is 106 Å². The highest BCUT2D eigenvalue weighted by Crippen LogP contribution is 2.20. The van der Waals surface area contributed by atoms with E-state index in [0.717, 1.165) is 5.39 Å². The SMILES string of the molecule is CC(C)n1ncc2cc(C(=O)Nc3cccc(S(=O)(=O)NC(C)(C)C)c3)cnc21. The third-order valence-electron chi connectivity index (χ3n) is 4.03. The van der Waals surface area contributed by atoms with Crippen LogP contribution in [0.25, 0.3) is 11.0 Å². The number of hydrogen-bond donors (Lipinski definition) is 2. The third kappa shape index (κ3) is 4.80. The number of sulfonamides is 1. The van der Waals surface area contributed by atoms with E-state index in [1.165, 1.54) is 18.3 Å². The standard InChI is InChI=1S/C20H25N5O3S/c1-13(2)25-18-14(12-22-25)9-15(11-21-18)19(26)23-16-7-6-8-17(10-16)29(27,28)24-20(3,4)5/h6-13,24H,1-5H3,(H,23,26). The van der Waals surface area contributed by atoms with Gasteiger partial charge in [0.05, 0.1) is 16.7 Å². The van der Waals surface area contributed by atoms with Gasteiger partial charge in [0, 0.05) is 28.9 Å². The molecule has 0 aliphatic heterocycles. The van der Waals surface area contributed by atoms with E-state index < -0.39 is 15.6 Å². The van der Waals surface area contributed by atoms with Crippen LogP contribution in [0.3, 0.4) is 0 Å². The van der Waals surface area contributed by atoms with Crippen molar-refractivity contribution < 1.29 is 13.2 Å². The number of anilines is 1. The van der Waals surface area contributed by atoms with Crippen LogP contribution in [0.4, 0.5) is 5.69 Å². The molecule has 0 radical (unpaired) electrons. The molecule has 0 bridgehead atoms. The second kappa shape index (κ2) is 7.57. The van der Waals surface area contributed by atoms with Crippen LogP contribution in [-0.4, -0.2) is 34.6 Å². The number of aromatic nitrogens is 3. The lowest BCUT2D eigenvalue weighted by Crippen LogP contribution is -2.40. The zero-order valence-electron chi connectivity index (χ0n) is 17.1. The Morgan fingerprint density at radius 1 is 1.14 bits per heavy atom. The summed E-state index contributed by atoms with van der Waals surface area (Å²) in [6, 6.07) is 8.00. The first-order valence-corrected chi connectivity index (χ1v) is 10.7. The molecule has 0 unspecified atom stereocenters. The van der Waals surface area contributed by atoms with E-state index in [1.807, 2.05) is 13.8 Å². The summed E-state index contributed by atoms with van der Waals surface area (Å²) >= 11 is 0. The van der Waals surface area contributed by atoms with Crippen molar-refractivity contribution in [2.75, 3.05) is 5.32 Å². The first-order chi connectivity index (χ1) is 13.5. The fourth-order valence-corrected chi connectivity index (χ4v) is 4.31. The van der Waals surface area contributed by atoms with Gasteiger partial charge >= 0.3 is 0 Å². The van der Waals surface area contributed by atoms with Crippen molar-refractivity contribution >= 4 is 32.7 Å². The molecular formula is C20H25N5O3S. The fraction of sp³-hybridized carbons (Fsp3) is 0.350. The van der Waals surface area contributed by atoms with E-state index in [4.69, 9.17) is 0 Å². The van der Waals surface area contributed by atoms with Gasteiger partial charge in [0.2, 0.25) is 10.0 Å². The van der Waals surface area contributed by atoms with E-state index in [2.05, 4.69) is 20.1 Å². The van der Waals surface area contributed by atoms with Crippen LogP contribution in [0.15, 0.2) is 47.6 Å². The number of fused-ring (bicyclic) bond motifs is 1. The van der Waals surface area contributed by atoms with Gasteiger partial charge in [0.25, 0.3) is 5.91 Å². The summed E-state index contributed by atoms with van der Waals surface area (Å²) in [5, 5.41) is 7.79. The van der Waals surface area contributed by atoms with Crippen molar-refractivity contribution in [1.82, 2.24) is 19.5 Å². The summed E-state index contributed by atoms with van der Waals surface area (Å²) in [7, 11) is -3.70. The van der Waals surface area contributed by atoms with Gasteiger partial charge in [-0.05, 0) is 58.9 Å². The molecule has 2 N–H and O–H groups in total. The minimum absolute atomic E-state index is 0.0806. The summed E-state index contributed by atoms with van der Waals surface area (Å²) in [6.45, 7) is 9.30. The molecule has 9 heteroatoms. The number of benzene rings is 1. The van der Waals surface area contributed by atoms with Gasteiger partial charge in [0.15, 0.2) is 5.65 Å². The predicted molar refractivity (Wildman–Crippen MR) is 112 cm³/mol. The molecule has 3 aromatic rings. The van der Waals surface area contributed by atoms with Gasteiger partial charge in [-0.2, -0.15) is 5.10 Å². The van der Waals surface area contributed by atoms with Gasteiger partial charge in [-0.1, -0.05) is 6.07 Å². The molecule has 0 saturated heterocycles. The largest absolute Gasteiger partial charge is 0.322 e. The Morgan fingerprint density at radius 3 is 2.52 bits per heavy atom. The molecule has 3 rings (SSSR count). The van der Waals surface area contributed by atoms with Gasteiger partial charge < -0.3 is 5.32 Å². The number of amides is 1. The molecule has 0 atom stereocenters. The summed E-state index contributed by atoms with van der Waals surface area (Å²) in [4.78, 5) is 17.1. The zero-order valence-corrected chi connectivity index (χ0v) is 17.9. The number of nitrogens with one attached hydrogen (secondary N) is 2. The maximum absolute atomic E-state index is 12.6. The highest BCUT2D eigenvalue weighted by Gasteiger charge is 2.22. The smallest absolute Gasteiger partial charge is 0.257 e. The van der Waals surface area contributed by atoms with Crippen molar-refractivity contribution in [1.29, 1.82) is 0 Å². The molecule has 1 amide bonds. The summed E-state index contributed by atoms with van der Waals surface area (Å²) < 4.78 is 29.4. The maximum Gasteiger partial charge on any atom is 0.257 e. The number of hydrogen-bond acceptors (Lipinski definition) is 5. The Hall–Kier alpha value is -2.78. The minimum atomic E-state index is -3.70. The van der Waals surface area contributed by atoms with Gasteiger partial charge in [0.1, 0.15) is 0 Å². The lowest BCUT2D eigenvalue weighted by molar-refractivity contribution is 0.102. The minimum Gasteiger partial charge on any atom is -0.322 e. The van der Waals surface area contributed by atoms with Crippen LogP contribution in [0.5, 0.6) is 0 Å². The molecule has 29 heavy (non-hydrogen) atoms. The second-order valence-electron chi connectivity index (χ2n) is 8.16. The van der Waals surface area contributed by atoms with Crippen LogP contribution in [0.2, 0.25) is 0 Å². The van der Waals surface area contributed by atoms with E-state index in [-0.39, 0.29) is 16.8 Å². The van der Waals surface area contributed by atoms with Crippen LogP contribution in [0.1, 0.15) is 51.0 Å². The van der Waals surface area contributed by atoms with Crippen molar-refractivity contribution in [3.63, 3.8) is 0 Å². The van der Waals surface area contributed by atoms with Crippen molar-refractivity contribution in [3.8, 4) is 0 Å². The highest BCUT2D eigenvalue weighted by molar-refractivity contribution is 7.89. The number of nitrogens with zero attached hydrogens (tertiary/aromatic N) is 3. The summed E-state index contributed by atoms with van der Waals surface area (Å²) in [5.41, 5.74) is 0.837. The van der Waals surface area contributed by atoms with Gasteiger partial charge in [-0.15, -0.1) is 0 Å². The molecule has 0 fully saturated rings. The van der Waals surface area contributed by atoms with Crippen LogP contribution in [0, 0.1) is 0 Å². The number of carbonyl (C=O) groups is 1. The fourth-order valence-electron chi connectivity index (χ4n) is 2.85. The summed E-state index contributed by atoms with van der Waals surface area (Å²) in [6.07, 6.45) is 3.16. The normalized spacial score (nSPS) is 12.5. The monoisotopic (exact) mass is 415 g/mol. The Morgan fingerprint density at radius 2 is 1.86 bits per heavy atom. The van der Waals surface area contributed by atoms with Gasteiger partial charge in [-0.3, -0.25) is 4.79 Å². The maximum atomic E-state index is 12.6. The predicted octanol–water partition coefficient (Wildman–Crippen LogP) is 3.34. The van der Waals surface area contributed by atoms with Crippen LogP contribution >= 0.6 is 0 Å². The second-order valence-corrected chi connectivity index (χ2v) is 9.84. The van der Waals surface area contributed by atoms with Crippen molar-refractivity contribution in [3.05, 3.63) is 48.3 Å². The number of rotatable bonds is 5. The molecule has 0 spiro atoms. The number of carbonyl (C=O) groups excluding carboxylic acids is 1. The molecule has 1 aromatic carbocycles. The third-order valence-corrected chi connectivity index (χ3v) is 5.78. The quantitative estimate of drug-likeness (QED) is 0.665. The summed E-state index contributed by atoms with van der Waals surface area (Å²) in [5.74, 6) is -0.380. The lowest BCUT2D eigenvalue weighted by atomic mass is 10.1. The molecule has 154 valence electrons. The Bertz CT molecular complexity index is 1160. The molecule has 0 aliphatic carbocycles. The number of pyridine rings is 1. The van der Waals surface area contributed by atoms with Crippen molar-refractivity contribution in [2.24, 2.45) is 0 Å². The molecular weight excluding hydrogens is 390 g/mol. The Balaban J connectivity index is 1.83. The molecule has 8 nitrogen and oxygen atoms in total. The van der Waals surface area contributed by atoms with E-state index in [9.17, 15) is 13.2 Å².